The Balaban J connectivity index is 1.91. The minimum absolute atomic E-state index is 0.0314. The topological polar surface area (TPSA) is 51.2 Å². The number of nitrogens with zero attached hydrogens (tertiary/aromatic N) is 1. The number of aromatic nitrogens is 1. The van der Waals surface area contributed by atoms with Crippen LogP contribution in [0.3, 0.4) is 0 Å². The summed E-state index contributed by atoms with van der Waals surface area (Å²) in [5.74, 6) is -0.233. The Morgan fingerprint density at radius 1 is 1.61 bits per heavy atom. The van der Waals surface area contributed by atoms with Crippen molar-refractivity contribution >= 4 is 29.3 Å². The lowest BCUT2D eigenvalue weighted by atomic mass is 10.2. The zero-order valence-electron chi connectivity index (χ0n) is 12.3. The van der Waals surface area contributed by atoms with Gasteiger partial charge in [0.2, 0.25) is 5.91 Å². The van der Waals surface area contributed by atoms with Gasteiger partial charge in [-0.05, 0) is 25.8 Å². The standard InChI is InChI=1S/C14H16ClF3N2O2S/c1-8(12(21)19-7-10-3-2-4-22-10)23-13-11(15)5-9(6-20-13)14(16,17)18/h5-6,8,10H,2-4,7H2,1H3,(H,19,21)/t8-,10+/m1/s1. The lowest BCUT2D eigenvalue weighted by Gasteiger charge is -2.15. The first-order valence-corrected chi connectivity index (χ1v) is 8.32. The summed E-state index contributed by atoms with van der Waals surface area (Å²) in [4.78, 5) is 15.7. The van der Waals surface area contributed by atoms with Crippen molar-refractivity contribution in [3.8, 4) is 0 Å². The third kappa shape index (κ3) is 5.26. The Kier molecular flexibility index (Phi) is 6.16. The summed E-state index contributed by atoms with van der Waals surface area (Å²) < 4.78 is 43.1. The molecule has 1 aromatic heterocycles. The number of hydrogen-bond acceptors (Lipinski definition) is 4. The van der Waals surface area contributed by atoms with Gasteiger partial charge >= 0.3 is 6.18 Å². The van der Waals surface area contributed by atoms with E-state index in [1.54, 1.807) is 6.92 Å². The molecule has 1 aliphatic heterocycles. The SMILES string of the molecule is C[C@@H](Sc1ncc(C(F)(F)F)cc1Cl)C(=O)NC[C@@H]1CCCO1. The van der Waals surface area contributed by atoms with Gasteiger partial charge in [0, 0.05) is 19.3 Å². The molecule has 1 aliphatic rings. The Bertz CT molecular complexity index is 565. The van der Waals surface area contributed by atoms with Gasteiger partial charge in [0.25, 0.3) is 0 Å². The number of nitrogens with one attached hydrogen (secondary N) is 1. The van der Waals surface area contributed by atoms with Gasteiger partial charge in [0.05, 0.1) is 21.9 Å². The molecule has 1 amide bonds. The van der Waals surface area contributed by atoms with Crippen LogP contribution >= 0.6 is 23.4 Å². The highest BCUT2D eigenvalue weighted by Gasteiger charge is 2.32. The van der Waals surface area contributed by atoms with E-state index in [0.717, 1.165) is 30.7 Å². The molecule has 1 saturated heterocycles. The molecule has 0 aromatic carbocycles. The average molecular weight is 369 g/mol. The Hall–Kier alpha value is -0.990. The van der Waals surface area contributed by atoms with Gasteiger partial charge in [-0.3, -0.25) is 4.79 Å². The molecule has 2 heterocycles. The summed E-state index contributed by atoms with van der Waals surface area (Å²) in [6, 6.07) is 0.813. The normalized spacial score (nSPS) is 19.6. The third-order valence-corrected chi connectivity index (χ3v) is 4.84. The number of alkyl halides is 3. The molecular weight excluding hydrogens is 353 g/mol. The van der Waals surface area contributed by atoms with Crippen LogP contribution in [0, 0.1) is 0 Å². The Morgan fingerprint density at radius 3 is 2.91 bits per heavy atom. The minimum atomic E-state index is -4.50. The molecule has 0 bridgehead atoms. The van der Waals surface area contributed by atoms with E-state index in [1.807, 2.05) is 0 Å². The highest BCUT2D eigenvalue weighted by molar-refractivity contribution is 8.00. The van der Waals surface area contributed by atoms with Crippen molar-refractivity contribution in [2.45, 2.75) is 42.3 Å². The number of pyridine rings is 1. The summed E-state index contributed by atoms with van der Waals surface area (Å²) in [5.41, 5.74) is -0.915. The van der Waals surface area contributed by atoms with Gasteiger partial charge in [-0.2, -0.15) is 13.2 Å². The maximum Gasteiger partial charge on any atom is 0.417 e. The molecule has 0 saturated carbocycles. The first kappa shape index (κ1) is 18.4. The van der Waals surface area contributed by atoms with E-state index in [2.05, 4.69) is 10.3 Å². The van der Waals surface area contributed by atoms with Crippen LogP contribution in [0.1, 0.15) is 25.3 Å². The van der Waals surface area contributed by atoms with Crippen LogP contribution in [-0.4, -0.2) is 35.4 Å². The molecule has 2 atom stereocenters. The highest BCUT2D eigenvalue weighted by atomic mass is 35.5. The number of carbonyl (C=O) groups is 1. The van der Waals surface area contributed by atoms with Gasteiger partial charge in [-0.25, -0.2) is 4.98 Å². The summed E-state index contributed by atoms with van der Waals surface area (Å²) in [6.07, 6.45) is -1.86. The van der Waals surface area contributed by atoms with Crippen molar-refractivity contribution in [1.82, 2.24) is 10.3 Å². The van der Waals surface area contributed by atoms with Crippen LogP contribution < -0.4 is 5.32 Å². The van der Waals surface area contributed by atoms with Gasteiger partial charge in [-0.15, -0.1) is 0 Å². The van der Waals surface area contributed by atoms with Crippen molar-refractivity contribution in [2.24, 2.45) is 0 Å². The van der Waals surface area contributed by atoms with Crippen LogP contribution in [0.25, 0.3) is 0 Å². The van der Waals surface area contributed by atoms with Crippen molar-refractivity contribution in [3.63, 3.8) is 0 Å². The number of ether oxygens (including phenoxy) is 1. The number of halogens is 4. The quantitative estimate of drug-likeness (QED) is 0.808. The number of amides is 1. The van der Waals surface area contributed by atoms with Crippen molar-refractivity contribution in [1.29, 1.82) is 0 Å². The Morgan fingerprint density at radius 2 is 2.35 bits per heavy atom. The average Bonchev–Trinajstić information content (AvgIpc) is 2.99. The lowest BCUT2D eigenvalue weighted by molar-refractivity contribution is -0.137. The second-order valence-corrected chi connectivity index (χ2v) is 6.89. The van der Waals surface area contributed by atoms with Crippen LogP contribution in [0.5, 0.6) is 0 Å². The molecule has 9 heteroatoms. The molecule has 1 fully saturated rings. The largest absolute Gasteiger partial charge is 0.417 e. The van der Waals surface area contributed by atoms with Crippen LogP contribution in [0.4, 0.5) is 13.2 Å². The third-order valence-electron chi connectivity index (χ3n) is 3.32. The Labute approximate surface area is 141 Å². The highest BCUT2D eigenvalue weighted by Crippen LogP contribution is 2.34. The number of carbonyl (C=O) groups excluding carboxylic acids is 1. The molecule has 0 unspecified atom stereocenters. The van der Waals surface area contributed by atoms with E-state index in [4.69, 9.17) is 16.3 Å². The fourth-order valence-corrected chi connectivity index (χ4v) is 3.16. The van der Waals surface area contributed by atoms with Crippen molar-refractivity contribution in [3.05, 3.63) is 22.8 Å². The lowest BCUT2D eigenvalue weighted by Crippen LogP contribution is -2.36. The fraction of sp³-hybridized carbons (Fsp3) is 0.571. The zero-order chi connectivity index (χ0) is 17.0. The summed E-state index contributed by atoms with van der Waals surface area (Å²) in [7, 11) is 0. The zero-order valence-corrected chi connectivity index (χ0v) is 13.9. The van der Waals surface area contributed by atoms with E-state index in [9.17, 15) is 18.0 Å². The molecule has 23 heavy (non-hydrogen) atoms. The summed E-state index contributed by atoms with van der Waals surface area (Å²) >= 11 is 6.85. The maximum absolute atomic E-state index is 12.6. The number of hydrogen-bond donors (Lipinski definition) is 1. The van der Waals surface area contributed by atoms with Gasteiger partial charge in [0.1, 0.15) is 5.03 Å². The predicted molar refractivity (Wildman–Crippen MR) is 81.6 cm³/mol. The molecular formula is C14H16ClF3N2O2S. The molecule has 128 valence electrons. The van der Waals surface area contributed by atoms with Gasteiger partial charge < -0.3 is 10.1 Å². The van der Waals surface area contributed by atoms with E-state index >= 15 is 0 Å². The number of thioether (sulfide) groups is 1. The number of rotatable bonds is 5. The van der Waals surface area contributed by atoms with E-state index in [1.165, 1.54) is 0 Å². The summed E-state index contributed by atoms with van der Waals surface area (Å²) in [5, 5.41) is 2.31. The van der Waals surface area contributed by atoms with Crippen molar-refractivity contribution < 1.29 is 22.7 Å². The maximum atomic E-state index is 12.6. The van der Waals surface area contributed by atoms with E-state index in [0.29, 0.717) is 19.3 Å². The summed E-state index contributed by atoms with van der Waals surface area (Å²) in [6.45, 7) is 2.78. The monoisotopic (exact) mass is 368 g/mol. The predicted octanol–water partition coefficient (Wildman–Crippen LogP) is 3.53. The minimum Gasteiger partial charge on any atom is -0.376 e. The first-order chi connectivity index (χ1) is 10.8. The molecule has 0 aliphatic carbocycles. The van der Waals surface area contributed by atoms with Crippen molar-refractivity contribution in [2.75, 3.05) is 13.2 Å². The van der Waals surface area contributed by atoms with E-state index < -0.39 is 17.0 Å². The molecule has 2 rings (SSSR count). The van der Waals surface area contributed by atoms with Crippen LogP contribution in [0.15, 0.2) is 17.3 Å². The van der Waals surface area contributed by atoms with Gasteiger partial charge in [-0.1, -0.05) is 23.4 Å². The second kappa shape index (κ2) is 7.72. The molecule has 1 N–H and O–H groups in total. The van der Waals surface area contributed by atoms with Crippen LogP contribution in [-0.2, 0) is 15.7 Å². The molecule has 1 aromatic rings. The fourth-order valence-electron chi connectivity index (χ4n) is 2.05. The van der Waals surface area contributed by atoms with E-state index in [-0.39, 0.29) is 22.1 Å². The van der Waals surface area contributed by atoms with Gasteiger partial charge in [0.15, 0.2) is 0 Å². The molecule has 0 spiro atoms. The molecule has 0 radical (unpaired) electrons. The smallest absolute Gasteiger partial charge is 0.376 e. The van der Waals surface area contributed by atoms with Crippen LogP contribution in [0.2, 0.25) is 5.02 Å². The molecule has 4 nitrogen and oxygen atoms in total. The first-order valence-electron chi connectivity index (χ1n) is 7.06. The second-order valence-electron chi connectivity index (χ2n) is 5.15.